The fourth-order valence-corrected chi connectivity index (χ4v) is 2.75. The van der Waals surface area contributed by atoms with E-state index in [1.807, 2.05) is 0 Å². The van der Waals surface area contributed by atoms with Crippen molar-refractivity contribution in [3.05, 3.63) is 42.5 Å². The van der Waals surface area contributed by atoms with Crippen molar-refractivity contribution in [2.45, 2.75) is 36.6 Å². The van der Waals surface area contributed by atoms with Gasteiger partial charge in [-0.3, -0.25) is 4.79 Å². The van der Waals surface area contributed by atoms with Crippen molar-refractivity contribution in [2.24, 2.45) is 0 Å². The lowest BCUT2D eigenvalue weighted by Gasteiger charge is -2.13. The van der Waals surface area contributed by atoms with Gasteiger partial charge in [-0.05, 0) is 44.0 Å². The van der Waals surface area contributed by atoms with Gasteiger partial charge in [0.25, 0.3) is 0 Å². The fourth-order valence-electron chi connectivity index (χ4n) is 2.02. The number of aryl methyl sites for hydroxylation is 1. The van der Waals surface area contributed by atoms with Crippen LogP contribution in [0.3, 0.4) is 0 Å². The second-order valence-corrected chi connectivity index (χ2v) is 7.06. The molecule has 1 amide bonds. The van der Waals surface area contributed by atoms with E-state index in [1.165, 1.54) is 19.2 Å². The topological polar surface area (TPSA) is 113 Å². The lowest BCUT2D eigenvalue weighted by molar-refractivity contribution is -0.142. The summed E-state index contributed by atoms with van der Waals surface area (Å²) in [4.78, 5) is 23.1. The number of rotatable bonds is 10. The van der Waals surface area contributed by atoms with Gasteiger partial charge in [0.15, 0.2) is 0 Å². The maximum Gasteiger partial charge on any atom is 0.326 e. The van der Waals surface area contributed by atoms with Gasteiger partial charge in [0.2, 0.25) is 15.9 Å². The van der Waals surface area contributed by atoms with Crippen molar-refractivity contribution >= 4 is 21.9 Å². The minimum absolute atomic E-state index is 0.121. The Hall–Kier alpha value is -2.19. The third kappa shape index (κ3) is 6.13. The first-order valence-electron chi connectivity index (χ1n) is 7.45. The van der Waals surface area contributed by atoms with Crippen molar-refractivity contribution < 1.29 is 23.1 Å². The average molecular weight is 354 g/mol. The second kappa shape index (κ2) is 9.19. The number of hydrogen-bond acceptors (Lipinski definition) is 4. The monoisotopic (exact) mass is 354 g/mol. The number of carbonyl (C=O) groups is 2. The summed E-state index contributed by atoms with van der Waals surface area (Å²) >= 11 is 0. The molecule has 0 radical (unpaired) electrons. The Kier molecular flexibility index (Phi) is 7.60. The number of carboxylic acids is 1. The van der Waals surface area contributed by atoms with E-state index < -0.39 is 22.0 Å². The van der Waals surface area contributed by atoms with Crippen LogP contribution in [0.2, 0.25) is 0 Å². The average Bonchev–Trinajstić information content (AvgIpc) is 2.56. The number of nitrogens with one attached hydrogen (secondary N) is 2. The number of aliphatic carboxylic acids is 1. The van der Waals surface area contributed by atoms with Gasteiger partial charge in [-0.25, -0.2) is 17.9 Å². The zero-order valence-corrected chi connectivity index (χ0v) is 14.3. The molecule has 1 aromatic carbocycles. The van der Waals surface area contributed by atoms with Crippen LogP contribution in [0.15, 0.2) is 41.8 Å². The van der Waals surface area contributed by atoms with Crippen molar-refractivity contribution in [3.8, 4) is 0 Å². The molecule has 0 spiro atoms. The Labute approximate surface area is 141 Å². The third-order valence-electron chi connectivity index (χ3n) is 3.44. The summed E-state index contributed by atoms with van der Waals surface area (Å²) in [5.74, 6) is -1.44. The molecule has 1 unspecified atom stereocenters. The van der Waals surface area contributed by atoms with Gasteiger partial charge in [0, 0.05) is 6.42 Å². The van der Waals surface area contributed by atoms with Crippen LogP contribution in [0, 0.1) is 0 Å². The standard InChI is InChI=1S/C16H22N2O5S/c1-3-4-5-14(16(20)21)18-15(19)11-8-12-6-9-13(10-7-12)24(22,23)17-2/h3,6-7,9-10,14,17H,1,4-5,8,11H2,2H3,(H,18,19)(H,20,21). The van der Waals surface area contributed by atoms with Crippen molar-refractivity contribution in [2.75, 3.05) is 7.05 Å². The molecule has 132 valence electrons. The van der Waals surface area contributed by atoms with E-state index in [2.05, 4.69) is 16.6 Å². The minimum Gasteiger partial charge on any atom is -0.480 e. The first kappa shape index (κ1) is 19.9. The highest BCUT2D eigenvalue weighted by molar-refractivity contribution is 7.89. The molecule has 0 aliphatic carbocycles. The molecule has 8 heteroatoms. The predicted molar refractivity (Wildman–Crippen MR) is 90.0 cm³/mol. The van der Waals surface area contributed by atoms with E-state index in [-0.39, 0.29) is 17.2 Å². The van der Waals surface area contributed by atoms with Crippen LogP contribution in [0.5, 0.6) is 0 Å². The summed E-state index contributed by atoms with van der Waals surface area (Å²) in [6.07, 6.45) is 2.90. The zero-order valence-electron chi connectivity index (χ0n) is 13.5. The third-order valence-corrected chi connectivity index (χ3v) is 4.87. The van der Waals surface area contributed by atoms with E-state index in [0.29, 0.717) is 19.3 Å². The molecule has 0 aromatic heterocycles. The summed E-state index contributed by atoms with van der Waals surface area (Å²) < 4.78 is 25.4. The molecule has 0 aliphatic rings. The molecule has 0 heterocycles. The molecule has 0 aliphatic heterocycles. The Morgan fingerprint density at radius 1 is 1.29 bits per heavy atom. The lowest BCUT2D eigenvalue weighted by atomic mass is 10.1. The van der Waals surface area contributed by atoms with E-state index in [0.717, 1.165) is 5.56 Å². The summed E-state index contributed by atoms with van der Waals surface area (Å²) in [6, 6.07) is 5.25. The molecule has 0 fully saturated rings. The van der Waals surface area contributed by atoms with Gasteiger partial charge in [0.1, 0.15) is 6.04 Å². The van der Waals surface area contributed by atoms with Crippen LogP contribution < -0.4 is 10.0 Å². The van der Waals surface area contributed by atoms with Crippen LogP contribution in [0.4, 0.5) is 0 Å². The second-order valence-electron chi connectivity index (χ2n) is 5.18. The molecule has 0 saturated carbocycles. The van der Waals surface area contributed by atoms with Gasteiger partial charge >= 0.3 is 5.97 Å². The van der Waals surface area contributed by atoms with Crippen LogP contribution in [0.25, 0.3) is 0 Å². The van der Waals surface area contributed by atoms with Crippen molar-refractivity contribution in [1.82, 2.24) is 10.0 Å². The quantitative estimate of drug-likeness (QED) is 0.544. The molecule has 1 rings (SSSR count). The van der Waals surface area contributed by atoms with Gasteiger partial charge in [-0.1, -0.05) is 18.2 Å². The Bertz CT molecular complexity index is 683. The van der Waals surface area contributed by atoms with E-state index in [9.17, 15) is 18.0 Å². The highest BCUT2D eigenvalue weighted by Crippen LogP contribution is 2.11. The van der Waals surface area contributed by atoms with Crippen molar-refractivity contribution in [1.29, 1.82) is 0 Å². The summed E-state index contributed by atoms with van der Waals surface area (Å²) in [5.41, 5.74) is 0.790. The number of hydrogen-bond donors (Lipinski definition) is 3. The highest BCUT2D eigenvalue weighted by atomic mass is 32.2. The molecule has 0 bridgehead atoms. The van der Waals surface area contributed by atoms with Gasteiger partial charge in [0.05, 0.1) is 4.90 Å². The summed E-state index contributed by atoms with van der Waals surface area (Å²) in [5, 5.41) is 11.5. The number of allylic oxidation sites excluding steroid dienone is 1. The van der Waals surface area contributed by atoms with Crippen LogP contribution >= 0.6 is 0 Å². The summed E-state index contributed by atoms with van der Waals surface area (Å²) in [7, 11) is -2.15. The minimum atomic E-state index is -3.48. The smallest absolute Gasteiger partial charge is 0.326 e. The molecule has 1 atom stereocenters. The Balaban J connectivity index is 2.57. The highest BCUT2D eigenvalue weighted by Gasteiger charge is 2.18. The Morgan fingerprint density at radius 3 is 2.42 bits per heavy atom. The van der Waals surface area contributed by atoms with Crippen molar-refractivity contribution in [3.63, 3.8) is 0 Å². The van der Waals surface area contributed by atoms with Crippen LogP contribution in [-0.2, 0) is 26.0 Å². The van der Waals surface area contributed by atoms with Crippen LogP contribution in [-0.4, -0.2) is 38.5 Å². The molecule has 24 heavy (non-hydrogen) atoms. The Morgan fingerprint density at radius 2 is 1.92 bits per heavy atom. The molecular formula is C16H22N2O5S. The van der Waals surface area contributed by atoms with E-state index in [1.54, 1.807) is 18.2 Å². The SMILES string of the molecule is C=CCCC(NC(=O)CCc1ccc(S(=O)(=O)NC)cc1)C(=O)O. The number of carbonyl (C=O) groups excluding carboxylic acids is 1. The van der Waals surface area contributed by atoms with E-state index >= 15 is 0 Å². The fraction of sp³-hybridized carbons (Fsp3) is 0.375. The number of benzene rings is 1. The lowest BCUT2D eigenvalue weighted by Crippen LogP contribution is -2.40. The maximum absolute atomic E-state index is 11.9. The predicted octanol–water partition coefficient (Wildman–Crippen LogP) is 1.06. The first-order valence-corrected chi connectivity index (χ1v) is 8.94. The van der Waals surface area contributed by atoms with Crippen LogP contribution in [0.1, 0.15) is 24.8 Å². The maximum atomic E-state index is 11.9. The molecule has 0 saturated heterocycles. The number of amides is 1. The largest absolute Gasteiger partial charge is 0.480 e. The van der Waals surface area contributed by atoms with Gasteiger partial charge in [-0.15, -0.1) is 6.58 Å². The first-order chi connectivity index (χ1) is 11.3. The molecule has 1 aromatic rings. The van der Waals surface area contributed by atoms with Gasteiger partial charge < -0.3 is 10.4 Å². The zero-order chi connectivity index (χ0) is 18.2. The van der Waals surface area contributed by atoms with E-state index in [4.69, 9.17) is 5.11 Å². The van der Waals surface area contributed by atoms with Gasteiger partial charge in [-0.2, -0.15) is 0 Å². The molecule has 7 nitrogen and oxygen atoms in total. The molecule has 3 N–H and O–H groups in total. The number of carboxylic acid groups (broad SMARTS) is 1. The molecular weight excluding hydrogens is 332 g/mol. The number of sulfonamides is 1. The normalized spacial score (nSPS) is 12.4. The summed E-state index contributed by atoms with van der Waals surface area (Å²) in [6.45, 7) is 3.52.